The first-order chi connectivity index (χ1) is 17.2. The number of hydrogen-bond acceptors (Lipinski definition) is 7. The predicted octanol–water partition coefficient (Wildman–Crippen LogP) is 3.82. The van der Waals surface area contributed by atoms with Crippen LogP contribution in [0.25, 0.3) is 0 Å². The Labute approximate surface area is 214 Å². The number of aliphatic hydroxyl groups is 1. The second kappa shape index (κ2) is 11.1. The first-order valence-electron chi connectivity index (χ1n) is 10.2. The maximum atomic E-state index is 14.0. The number of nitrogens with one attached hydrogen (secondary N) is 2. The SMILES string of the molecule is CC(=O)c1cc(NS(=O)(=O)c2cc(F)c(F)cc2F)cc(Cl)c1Oc1ccc(S(=O)(=O)NCCO)cc1. The van der Waals surface area contributed by atoms with Gasteiger partial charge < -0.3 is 9.84 Å². The Morgan fingerprint density at radius 2 is 1.57 bits per heavy atom. The van der Waals surface area contributed by atoms with Crippen LogP contribution in [0.1, 0.15) is 17.3 Å². The maximum Gasteiger partial charge on any atom is 0.264 e. The molecule has 3 aromatic carbocycles. The van der Waals surface area contributed by atoms with E-state index in [2.05, 4.69) is 4.72 Å². The standard InChI is InChI=1S/C22H18ClF3N2O7S2/c1-12(30)16-8-13(28-37(33,34)21-11-19(25)18(24)10-20(21)26)9-17(23)22(16)35-14-2-4-15(5-3-14)36(31,32)27-6-7-29/h2-5,8-11,27-29H,6-7H2,1H3. The summed E-state index contributed by atoms with van der Waals surface area (Å²) in [7, 11) is -8.64. The lowest BCUT2D eigenvalue weighted by Gasteiger charge is -2.15. The van der Waals surface area contributed by atoms with E-state index in [-0.39, 0.29) is 51.3 Å². The summed E-state index contributed by atoms with van der Waals surface area (Å²) < 4.78 is 99.8. The fraction of sp³-hybridized carbons (Fsp3) is 0.136. The highest BCUT2D eigenvalue weighted by atomic mass is 35.5. The molecule has 0 spiro atoms. The number of ketones is 1. The van der Waals surface area contributed by atoms with Crippen molar-refractivity contribution in [3.63, 3.8) is 0 Å². The van der Waals surface area contributed by atoms with Crippen LogP contribution in [0.5, 0.6) is 11.5 Å². The Balaban J connectivity index is 1.92. The van der Waals surface area contributed by atoms with Gasteiger partial charge in [-0.2, -0.15) is 0 Å². The van der Waals surface area contributed by atoms with Gasteiger partial charge in [-0.15, -0.1) is 0 Å². The largest absolute Gasteiger partial charge is 0.455 e. The summed E-state index contributed by atoms with van der Waals surface area (Å²) in [4.78, 5) is 10.9. The molecule has 198 valence electrons. The minimum Gasteiger partial charge on any atom is -0.455 e. The highest BCUT2D eigenvalue weighted by Crippen LogP contribution is 2.37. The third-order valence-corrected chi connectivity index (χ3v) is 7.85. The molecule has 0 aliphatic heterocycles. The molecule has 15 heteroatoms. The summed E-state index contributed by atoms with van der Waals surface area (Å²) >= 11 is 6.22. The number of anilines is 1. The van der Waals surface area contributed by atoms with Crippen molar-refractivity contribution in [1.29, 1.82) is 0 Å². The Hall–Kier alpha value is -3.17. The molecular weight excluding hydrogens is 561 g/mol. The molecule has 3 aromatic rings. The Bertz CT molecular complexity index is 1570. The lowest BCUT2D eigenvalue weighted by molar-refractivity contribution is 0.101. The zero-order valence-corrected chi connectivity index (χ0v) is 21.1. The third-order valence-electron chi connectivity index (χ3n) is 4.70. The number of benzene rings is 3. The molecule has 0 heterocycles. The molecule has 0 saturated carbocycles. The molecule has 9 nitrogen and oxygen atoms in total. The topological polar surface area (TPSA) is 139 Å². The van der Waals surface area contributed by atoms with Crippen LogP contribution in [-0.2, 0) is 20.0 Å². The first-order valence-corrected chi connectivity index (χ1v) is 13.5. The molecular formula is C22H18ClF3N2O7S2. The highest BCUT2D eigenvalue weighted by Gasteiger charge is 2.24. The third kappa shape index (κ3) is 6.59. The van der Waals surface area contributed by atoms with Crippen molar-refractivity contribution in [1.82, 2.24) is 4.72 Å². The van der Waals surface area contributed by atoms with Crippen LogP contribution >= 0.6 is 11.6 Å². The first kappa shape index (κ1) is 28.4. The number of carbonyl (C=O) groups excluding carboxylic acids is 1. The molecule has 0 aliphatic carbocycles. The molecule has 0 radical (unpaired) electrons. The van der Waals surface area contributed by atoms with Crippen LogP contribution in [0.3, 0.4) is 0 Å². The summed E-state index contributed by atoms with van der Waals surface area (Å²) in [6.07, 6.45) is 0. The van der Waals surface area contributed by atoms with Crippen molar-refractivity contribution >= 4 is 43.1 Å². The van der Waals surface area contributed by atoms with Crippen molar-refractivity contribution in [2.45, 2.75) is 16.7 Å². The van der Waals surface area contributed by atoms with Crippen molar-refractivity contribution in [3.8, 4) is 11.5 Å². The lowest BCUT2D eigenvalue weighted by atomic mass is 10.1. The second-order valence-electron chi connectivity index (χ2n) is 7.39. The van der Waals surface area contributed by atoms with Gasteiger partial charge in [-0.3, -0.25) is 9.52 Å². The average Bonchev–Trinajstić information content (AvgIpc) is 2.81. The molecule has 0 unspecified atom stereocenters. The van der Waals surface area contributed by atoms with Crippen LogP contribution in [0, 0.1) is 17.5 Å². The van der Waals surface area contributed by atoms with Gasteiger partial charge in [-0.05, 0) is 43.3 Å². The summed E-state index contributed by atoms with van der Waals surface area (Å²) in [5.74, 6) is -5.43. The molecule has 0 aromatic heterocycles. The summed E-state index contributed by atoms with van der Waals surface area (Å²) in [6.45, 7) is 0.556. The van der Waals surface area contributed by atoms with Gasteiger partial charge >= 0.3 is 0 Å². The molecule has 0 saturated heterocycles. The van der Waals surface area contributed by atoms with Gasteiger partial charge in [0.05, 0.1) is 27.8 Å². The fourth-order valence-corrected chi connectivity index (χ4v) is 5.40. The number of aliphatic hydroxyl groups excluding tert-OH is 1. The van der Waals surface area contributed by atoms with Gasteiger partial charge in [0.1, 0.15) is 16.5 Å². The van der Waals surface area contributed by atoms with Crippen molar-refractivity contribution in [3.05, 3.63) is 76.6 Å². The average molecular weight is 579 g/mol. The van der Waals surface area contributed by atoms with Crippen molar-refractivity contribution < 1.29 is 44.6 Å². The highest BCUT2D eigenvalue weighted by molar-refractivity contribution is 7.92. The molecule has 3 N–H and O–H groups in total. The van der Waals surface area contributed by atoms with Crippen LogP contribution in [-0.4, -0.2) is 40.9 Å². The number of ether oxygens (including phenoxy) is 1. The van der Waals surface area contributed by atoms with Crippen LogP contribution in [0.15, 0.2) is 58.3 Å². The van der Waals surface area contributed by atoms with Gasteiger partial charge in [-0.1, -0.05) is 11.6 Å². The van der Waals surface area contributed by atoms with E-state index in [0.717, 1.165) is 19.1 Å². The van der Waals surface area contributed by atoms with Crippen molar-refractivity contribution in [2.75, 3.05) is 17.9 Å². The van der Waals surface area contributed by atoms with Gasteiger partial charge in [0.15, 0.2) is 23.2 Å². The zero-order valence-electron chi connectivity index (χ0n) is 18.8. The Morgan fingerprint density at radius 3 is 2.16 bits per heavy atom. The number of hydrogen-bond donors (Lipinski definition) is 3. The Kier molecular flexibility index (Phi) is 8.49. The molecule has 0 fully saturated rings. The molecule has 0 atom stereocenters. The number of halogens is 4. The number of carbonyl (C=O) groups is 1. The molecule has 0 aliphatic rings. The van der Waals surface area contributed by atoms with E-state index in [9.17, 15) is 34.8 Å². The van der Waals surface area contributed by atoms with Gasteiger partial charge in [-0.25, -0.2) is 34.7 Å². The summed E-state index contributed by atoms with van der Waals surface area (Å²) in [5, 5.41) is 8.53. The summed E-state index contributed by atoms with van der Waals surface area (Å²) in [5.41, 5.74) is -0.500. The Morgan fingerprint density at radius 1 is 0.946 bits per heavy atom. The van der Waals surface area contributed by atoms with E-state index < -0.39 is 54.8 Å². The molecule has 3 rings (SSSR count). The number of Topliss-reactive ketones (excluding diaryl/α,β-unsaturated/α-hetero) is 1. The fourth-order valence-electron chi connectivity index (χ4n) is 3.01. The minimum absolute atomic E-state index is 0.0719. The van der Waals surface area contributed by atoms with Gasteiger partial charge in [0.2, 0.25) is 10.0 Å². The lowest BCUT2D eigenvalue weighted by Crippen LogP contribution is -2.26. The van der Waals surface area contributed by atoms with E-state index >= 15 is 0 Å². The van der Waals surface area contributed by atoms with Crippen LogP contribution in [0.4, 0.5) is 18.9 Å². The van der Waals surface area contributed by atoms with Crippen LogP contribution < -0.4 is 14.2 Å². The van der Waals surface area contributed by atoms with Crippen molar-refractivity contribution in [2.24, 2.45) is 0 Å². The predicted molar refractivity (Wildman–Crippen MR) is 127 cm³/mol. The van der Waals surface area contributed by atoms with E-state index in [1.165, 1.54) is 24.3 Å². The normalized spacial score (nSPS) is 11.8. The van der Waals surface area contributed by atoms with Crippen LogP contribution in [0.2, 0.25) is 5.02 Å². The van der Waals surface area contributed by atoms with Gasteiger partial charge in [0.25, 0.3) is 10.0 Å². The monoisotopic (exact) mass is 578 g/mol. The zero-order chi connectivity index (χ0) is 27.5. The number of sulfonamides is 2. The summed E-state index contributed by atoms with van der Waals surface area (Å²) in [6, 6.07) is 7.28. The van der Waals surface area contributed by atoms with E-state index in [1.807, 2.05) is 4.72 Å². The van der Waals surface area contributed by atoms with E-state index in [1.54, 1.807) is 0 Å². The minimum atomic E-state index is -4.76. The smallest absolute Gasteiger partial charge is 0.264 e. The maximum absolute atomic E-state index is 14.0. The van der Waals surface area contributed by atoms with Gasteiger partial charge in [0, 0.05) is 18.7 Å². The number of rotatable bonds is 10. The van der Waals surface area contributed by atoms with E-state index in [4.69, 9.17) is 21.4 Å². The quantitative estimate of drug-likeness (QED) is 0.245. The van der Waals surface area contributed by atoms with E-state index in [0.29, 0.717) is 0 Å². The molecule has 0 bridgehead atoms. The molecule has 0 amide bonds. The molecule has 37 heavy (non-hydrogen) atoms. The second-order valence-corrected chi connectivity index (χ2v) is 11.2.